The predicted octanol–water partition coefficient (Wildman–Crippen LogP) is 1.12. The quantitative estimate of drug-likeness (QED) is 0.513. The summed E-state index contributed by atoms with van der Waals surface area (Å²) in [5.74, 6) is -1.07. The van der Waals surface area contributed by atoms with Crippen molar-refractivity contribution in [1.82, 2.24) is 10.2 Å². The first-order valence-electron chi connectivity index (χ1n) is 6.21. The largest absolute Gasteiger partial charge is 0.467 e. The molecule has 0 aromatic carbocycles. The molecule has 1 saturated heterocycles. The minimum absolute atomic E-state index is 0.114. The Labute approximate surface area is 121 Å². The van der Waals surface area contributed by atoms with Gasteiger partial charge in [-0.3, -0.25) is 19.5 Å². The van der Waals surface area contributed by atoms with Crippen LogP contribution in [0.5, 0.6) is 0 Å². The fourth-order valence-electron chi connectivity index (χ4n) is 1.88. The molecule has 1 aromatic rings. The second kappa shape index (κ2) is 5.96. The molecule has 6 nitrogen and oxygen atoms in total. The van der Waals surface area contributed by atoms with Crippen molar-refractivity contribution >= 4 is 35.4 Å². The second-order valence-electron chi connectivity index (χ2n) is 4.64. The zero-order valence-corrected chi connectivity index (χ0v) is 12.0. The third-order valence-electron chi connectivity index (χ3n) is 2.83. The van der Waals surface area contributed by atoms with E-state index in [0.29, 0.717) is 5.76 Å². The van der Waals surface area contributed by atoms with Gasteiger partial charge in [0, 0.05) is 12.3 Å². The van der Waals surface area contributed by atoms with E-state index in [9.17, 15) is 9.59 Å². The SMILES string of the molecule is CC(C)N1C(=O)[C@@H](C=NCc2ccco2)C(=O)NC1=S. The number of hydrogen-bond acceptors (Lipinski definition) is 5. The molecule has 0 spiro atoms. The van der Waals surface area contributed by atoms with Crippen LogP contribution in [0.15, 0.2) is 27.8 Å². The number of nitrogens with one attached hydrogen (secondary N) is 1. The maximum Gasteiger partial charge on any atom is 0.247 e. The number of nitrogens with zero attached hydrogens (tertiary/aromatic N) is 2. The van der Waals surface area contributed by atoms with Gasteiger partial charge in [-0.15, -0.1) is 0 Å². The highest BCUT2D eigenvalue weighted by atomic mass is 32.1. The summed E-state index contributed by atoms with van der Waals surface area (Å²) in [6.07, 6.45) is 2.89. The highest BCUT2D eigenvalue weighted by Gasteiger charge is 2.38. The molecule has 1 N–H and O–H groups in total. The van der Waals surface area contributed by atoms with Gasteiger partial charge in [-0.2, -0.15) is 0 Å². The molecular formula is C13H15N3O3S. The molecule has 0 aliphatic carbocycles. The van der Waals surface area contributed by atoms with Crippen molar-refractivity contribution in [2.75, 3.05) is 0 Å². The van der Waals surface area contributed by atoms with Crippen LogP contribution in [0.4, 0.5) is 0 Å². The van der Waals surface area contributed by atoms with Crippen molar-refractivity contribution in [3.05, 3.63) is 24.2 Å². The van der Waals surface area contributed by atoms with Crippen LogP contribution in [0.1, 0.15) is 19.6 Å². The Morgan fingerprint density at radius 3 is 2.90 bits per heavy atom. The number of rotatable bonds is 4. The van der Waals surface area contributed by atoms with Crippen LogP contribution in [0, 0.1) is 5.92 Å². The van der Waals surface area contributed by atoms with E-state index >= 15 is 0 Å². The van der Waals surface area contributed by atoms with Crippen LogP contribution < -0.4 is 5.32 Å². The van der Waals surface area contributed by atoms with E-state index in [1.807, 2.05) is 13.8 Å². The molecule has 7 heteroatoms. The lowest BCUT2D eigenvalue weighted by Gasteiger charge is -2.33. The Balaban J connectivity index is 2.09. The van der Waals surface area contributed by atoms with Gasteiger partial charge in [0.1, 0.15) is 5.76 Å². The molecule has 0 radical (unpaired) electrons. The van der Waals surface area contributed by atoms with E-state index in [1.165, 1.54) is 11.1 Å². The molecule has 0 saturated carbocycles. The van der Waals surface area contributed by atoms with Gasteiger partial charge in [0.25, 0.3) is 0 Å². The zero-order valence-electron chi connectivity index (χ0n) is 11.2. The molecule has 2 heterocycles. The molecule has 1 aliphatic rings. The molecule has 1 aromatic heterocycles. The summed E-state index contributed by atoms with van der Waals surface area (Å²) < 4.78 is 5.12. The minimum atomic E-state index is -0.945. The van der Waals surface area contributed by atoms with Crippen molar-refractivity contribution in [3.8, 4) is 0 Å². The van der Waals surface area contributed by atoms with Crippen LogP contribution in [0.25, 0.3) is 0 Å². The third kappa shape index (κ3) is 2.93. The van der Waals surface area contributed by atoms with Crippen LogP contribution in [-0.4, -0.2) is 34.1 Å². The van der Waals surface area contributed by atoms with Crippen LogP contribution in [-0.2, 0) is 16.1 Å². The summed E-state index contributed by atoms with van der Waals surface area (Å²) in [4.78, 5) is 29.5. The monoisotopic (exact) mass is 293 g/mol. The molecule has 2 rings (SSSR count). The van der Waals surface area contributed by atoms with Gasteiger partial charge in [0.15, 0.2) is 11.0 Å². The van der Waals surface area contributed by atoms with Crippen molar-refractivity contribution < 1.29 is 14.0 Å². The van der Waals surface area contributed by atoms with Gasteiger partial charge in [-0.1, -0.05) is 0 Å². The van der Waals surface area contributed by atoms with Gasteiger partial charge >= 0.3 is 0 Å². The van der Waals surface area contributed by atoms with E-state index in [1.54, 1.807) is 18.4 Å². The fourth-order valence-corrected chi connectivity index (χ4v) is 2.28. The van der Waals surface area contributed by atoms with Crippen LogP contribution in [0.2, 0.25) is 0 Å². The Morgan fingerprint density at radius 2 is 2.30 bits per heavy atom. The lowest BCUT2D eigenvalue weighted by atomic mass is 10.1. The van der Waals surface area contributed by atoms with Crippen LogP contribution in [0.3, 0.4) is 0 Å². The topological polar surface area (TPSA) is 74.9 Å². The standard InChI is InChI=1S/C13H15N3O3S/c1-8(2)16-12(18)10(11(17)15-13(16)20)7-14-6-9-4-3-5-19-9/h3-5,7-8,10H,6H2,1-2H3,(H,15,17,20)/t10-/m0/s1. The normalized spacial score (nSPS) is 20.1. The maximum absolute atomic E-state index is 12.2. The number of hydrogen-bond donors (Lipinski definition) is 1. The lowest BCUT2D eigenvalue weighted by Crippen LogP contribution is -2.60. The average Bonchev–Trinajstić information content (AvgIpc) is 2.85. The first kappa shape index (κ1) is 14.4. The van der Waals surface area contributed by atoms with E-state index in [4.69, 9.17) is 16.6 Å². The molecule has 0 bridgehead atoms. The molecule has 20 heavy (non-hydrogen) atoms. The Morgan fingerprint density at radius 1 is 1.55 bits per heavy atom. The van der Waals surface area contributed by atoms with Gasteiger partial charge in [-0.05, 0) is 38.2 Å². The number of carbonyl (C=O) groups is 2. The van der Waals surface area contributed by atoms with Crippen molar-refractivity contribution in [2.45, 2.75) is 26.4 Å². The average molecular weight is 293 g/mol. The number of aliphatic imine (C=N–C) groups is 1. The minimum Gasteiger partial charge on any atom is -0.467 e. The molecule has 0 unspecified atom stereocenters. The Bertz CT molecular complexity index is 551. The van der Waals surface area contributed by atoms with Gasteiger partial charge in [0.2, 0.25) is 11.8 Å². The van der Waals surface area contributed by atoms with E-state index in [-0.39, 0.29) is 23.6 Å². The first-order chi connectivity index (χ1) is 9.50. The van der Waals surface area contributed by atoms with Crippen molar-refractivity contribution in [2.24, 2.45) is 10.9 Å². The molecule has 106 valence electrons. The number of carbonyl (C=O) groups excluding carboxylic acids is 2. The maximum atomic E-state index is 12.2. The van der Waals surface area contributed by atoms with Crippen molar-refractivity contribution in [3.63, 3.8) is 0 Å². The van der Waals surface area contributed by atoms with E-state index in [2.05, 4.69) is 10.3 Å². The molecule has 2 amide bonds. The molecule has 1 atom stereocenters. The van der Waals surface area contributed by atoms with Gasteiger partial charge < -0.3 is 9.73 Å². The third-order valence-corrected chi connectivity index (χ3v) is 3.13. The lowest BCUT2D eigenvalue weighted by molar-refractivity contribution is -0.138. The first-order valence-corrected chi connectivity index (χ1v) is 6.61. The molecule has 1 fully saturated rings. The number of amides is 2. The van der Waals surface area contributed by atoms with Crippen molar-refractivity contribution in [1.29, 1.82) is 0 Å². The van der Waals surface area contributed by atoms with Gasteiger partial charge in [0.05, 0.1) is 12.8 Å². The summed E-state index contributed by atoms with van der Waals surface area (Å²) >= 11 is 5.00. The highest BCUT2D eigenvalue weighted by molar-refractivity contribution is 7.80. The summed E-state index contributed by atoms with van der Waals surface area (Å²) in [6.45, 7) is 3.95. The predicted molar refractivity (Wildman–Crippen MR) is 77.1 cm³/mol. The Kier molecular flexibility index (Phi) is 4.29. The Hall–Kier alpha value is -2.02. The second-order valence-corrected chi connectivity index (χ2v) is 5.03. The van der Waals surface area contributed by atoms with Crippen LogP contribution >= 0.6 is 12.2 Å². The van der Waals surface area contributed by atoms with Gasteiger partial charge in [-0.25, -0.2) is 0 Å². The van der Waals surface area contributed by atoms with E-state index < -0.39 is 11.8 Å². The number of furan rings is 1. The zero-order chi connectivity index (χ0) is 14.7. The summed E-state index contributed by atoms with van der Waals surface area (Å²) in [5, 5.41) is 2.66. The van der Waals surface area contributed by atoms with E-state index in [0.717, 1.165) is 0 Å². The molecule has 1 aliphatic heterocycles. The summed E-state index contributed by atoms with van der Waals surface area (Å²) in [7, 11) is 0. The number of thiocarbonyl (C=S) groups is 1. The summed E-state index contributed by atoms with van der Waals surface area (Å²) in [6, 6.07) is 3.41. The molecular weight excluding hydrogens is 278 g/mol. The fraction of sp³-hybridized carbons (Fsp3) is 0.385. The summed E-state index contributed by atoms with van der Waals surface area (Å²) in [5.41, 5.74) is 0. The smallest absolute Gasteiger partial charge is 0.247 e. The highest BCUT2D eigenvalue weighted by Crippen LogP contribution is 2.13.